The molecule has 4 rings (SSSR count). The third kappa shape index (κ3) is 4.06. The second-order valence-electron chi connectivity index (χ2n) is 6.54. The number of hydrogen-bond donors (Lipinski definition) is 0. The van der Waals surface area contributed by atoms with Crippen LogP contribution in [-0.2, 0) is 15.8 Å². The van der Waals surface area contributed by atoms with E-state index in [0.29, 0.717) is 22.3 Å². The molecule has 10 heteroatoms. The SMILES string of the molecule is N#Cc1c(C(F)(F)F)cc(-c2cccs2)nc1S[C@H]1CC(=O)N(c2ccccc2)C1=O. The molecule has 1 aliphatic heterocycles. The van der Waals surface area contributed by atoms with Crippen LogP contribution in [0.2, 0.25) is 0 Å². The molecule has 156 valence electrons. The van der Waals surface area contributed by atoms with E-state index in [0.717, 1.165) is 11.0 Å². The predicted molar refractivity (Wildman–Crippen MR) is 110 cm³/mol. The summed E-state index contributed by atoms with van der Waals surface area (Å²) in [5.74, 6) is -1.01. The third-order valence-corrected chi connectivity index (χ3v) is 6.61. The Kier molecular flexibility index (Phi) is 5.56. The lowest BCUT2D eigenvalue weighted by Gasteiger charge is -2.16. The van der Waals surface area contributed by atoms with E-state index >= 15 is 0 Å². The number of thioether (sulfide) groups is 1. The van der Waals surface area contributed by atoms with E-state index in [4.69, 9.17) is 0 Å². The molecule has 0 aliphatic carbocycles. The molecule has 0 N–H and O–H groups in total. The number of amides is 2. The van der Waals surface area contributed by atoms with Crippen LogP contribution in [0.15, 0.2) is 58.9 Å². The lowest BCUT2D eigenvalue weighted by molar-refractivity contribution is -0.138. The molecule has 31 heavy (non-hydrogen) atoms. The fraction of sp³-hybridized carbons (Fsp3) is 0.143. The summed E-state index contributed by atoms with van der Waals surface area (Å²) in [5.41, 5.74) is -1.33. The summed E-state index contributed by atoms with van der Waals surface area (Å²) in [7, 11) is 0. The van der Waals surface area contributed by atoms with Gasteiger partial charge in [0, 0.05) is 6.42 Å². The first-order valence-corrected chi connectivity index (χ1v) is 10.7. The summed E-state index contributed by atoms with van der Waals surface area (Å²) in [6, 6.07) is 14.0. The molecule has 1 atom stereocenters. The van der Waals surface area contributed by atoms with Crippen molar-refractivity contribution in [1.82, 2.24) is 4.98 Å². The minimum absolute atomic E-state index is 0.0560. The van der Waals surface area contributed by atoms with E-state index in [9.17, 15) is 28.0 Å². The number of anilines is 1. The molecule has 1 aromatic carbocycles. The van der Waals surface area contributed by atoms with Crippen molar-refractivity contribution in [3.63, 3.8) is 0 Å². The van der Waals surface area contributed by atoms with Gasteiger partial charge in [-0.3, -0.25) is 9.59 Å². The van der Waals surface area contributed by atoms with Gasteiger partial charge >= 0.3 is 6.18 Å². The van der Waals surface area contributed by atoms with Crippen molar-refractivity contribution in [3.05, 3.63) is 65.0 Å². The number of imide groups is 1. The van der Waals surface area contributed by atoms with Crippen LogP contribution < -0.4 is 4.90 Å². The fourth-order valence-electron chi connectivity index (χ4n) is 3.17. The molecule has 1 saturated heterocycles. The van der Waals surface area contributed by atoms with Gasteiger partial charge in [-0.15, -0.1) is 11.3 Å². The quantitative estimate of drug-likeness (QED) is 0.506. The van der Waals surface area contributed by atoms with E-state index in [1.165, 1.54) is 11.3 Å². The van der Waals surface area contributed by atoms with Crippen LogP contribution in [0.1, 0.15) is 17.5 Å². The largest absolute Gasteiger partial charge is 0.417 e. The lowest BCUT2D eigenvalue weighted by Crippen LogP contribution is -2.31. The Hall–Kier alpha value is -3.16. The number of benzene rings is 1. The summed E-state index contributed by atoms with van der Waals surface area (Å²) in [6.45, 7) is 0. The summed E-state index contributed by atoms with van der Waals surface area (Å²) in [4.78, 5) is 31.1. The molecule has 0 saturated carbocycles. The molecule has 3 heterocycles. The second-order valence-corrected chi connectivity index (χ2v) is 8.67. The molecule has 5 nitrogen and oxygen atoms in total. The first kappa shape index (κ1) is 21.1. The number of para-hydroxylation sites is 1. The molecule has 2 aromatic heterocycles. The Balaban J connectivity index is 1.74. The maximum atomic E-state index is 13.7. The van der Waals surface area contributed by atoms with Gasteiger partial charge in [-0.2, -0.15) is 18.4 Å². The molecule has 0 spiro atoms. The van der Waals surface area contributed by atoms with Crippen molar-refractivity contribution in [2.45, 2.75) is 22.9 Å². The standard InChI is InChI=1S/C21H12F3N3O2S2/c22-21(23,24)14-9-15(16-7-4-8-30-16)26-19(13(14)11-25)31-17-10-18(28)27(20(17)29)12-5-2-1-3-6-12/h1-9,17H,10H2/t17-/m0/s1. The monoisotopic (exact) mass is 459 g/mol. The van der Waals surface area contributed by atoms with Crippen LogP contribution in [0.4, 0.5) is 18.9 Å². The van der Waals surface area contributed by atoms with Gasteiger partial charge < -0.3 is 0 Å². The lowest BCUT2D eigenvalue weighted by atomic mass is 10.1. The van der Waals surface area contributed by atoms with E-state index in [-0.39, 0.29) is 17.1 Å². The highest BCUT2D eigenvalue weighted by molar-refractivity contribution is 8.00. The highest BCUT2D eigenvalue weighted by atomic mass is 32.2. The maximum absolute atomic E-state index is 13.7. The molecule has 0 radical (unpaired) electrons. The van der Waals surface area contributed by atoms with Crippen molar-refractivity contribution in [2.75, 3.05) is 4.90 Å². The van der Waals surface area contributed by atoms with Gasteiger partial charge in [0.1, 0.15) is 11.1 Å². The van der Waals surface area contributed by atoms with Crippen LogP contribution in [0, 0.1) is 11.3 Å². The molecule has 3 aromatic rings. The molecule has 1 aliphatic rings. The van der Waals surface area contributed by atoms with Crippen LogP contribution in [0.5, 0.6) is 0 Å². The van der Waals surface area contributed by atoms with Crippen LogP contribution in [-0.4, -0.2) is 22.0 Å². The number of alkyl halides is 3. The van der Waals surface area contributed by atoms with Crippen LogP contribution in [0.3, 0.4) is 0 Å². The Bertz CT molecular complexity index is 1190. The topological polar surface area (TPSA) is 74.1 Å². The molecular formula is C21H12F3N3O2S2. The van der Waals surface area contributed by atoms with E-state index < -0.39 is 34.4 Å². The Morgan fingerprint density at radius 2 is 1.90 bits per heavy atom. The van der Waals surface area contributed by atoms with Gasteiger partial charge in [-0.1, -0.05) is 36.0 Å². The zero-order chi connectivity index (χ0) is 22.2. The van der Waals surface area contributed by atoms with Gasteiger partial charge in [-0.05, 0) is 29.6 Å². The number of carbonyl (C=O) groups excluding carboxylic acids is 2. The van der Waals surface area contributed by atoms with Crippen molar-refractivity contribution < 1.29 is 22.8 Å². The summed E-state index contributed by atoms with van der Waals surface area (Å²) in [5, 5.41) is 9.94. The first-order chi connectivity index (χ1) is 14.8. The second kappa shape index (κ2) is 8.17. The van der Waals surface area contributed by atoms with Crippen molar-refractivity contribution in [1.29, 1.82) is 5.26 Å². The Labute approximate surface area is 183 Å². The zero-order valence-electron chi connectivity index (χ0n) is 15.6. The van der Waals surface area contributed by atoms with E-state index in [2.05, 4.69) is 4.98 Å². The average Bonchev–Trinajstić information content (AvgIpc) is 3.36. The van der Waals surface area contributed by atoms with Crippen LogP contribution >= 0.6 is 23.1 Å². The van der Waals surface area contributed by atoms with Crippen molar-refractivity contribution >= 4 is 40.6 Å². The predicted octanol–water partition coefficient (Wildman–Crippen LogP) is 5.12. The maximum Gasteiger partial charge on any atom is 0.417 e. The van der Waals surface area contributed by atoms with Gasteiger partial charge in [0.15, 0.2) is 0 Å². The zero-order valence-corrected chi connectivity index (χ0v) is 17.2. The number of nitriles is 1. The van der Waals surface area contributed by atoms with Crippen molar-refractivity contribution in [2.24, 2.45) is 0 Å². The molecular weight excluding hydrogens is 447 g/mol. The van der Waals surface area contributed by atoms with Crippen LogP contribution in [0.25, 0.3) is 10.6 Å². The van der Waals surface area contributed by atoms with Gasteiger partial charge in [0.2, 0.25) is 11.8 Å². The van der Waals surface area contributed by atoms with Gasteiger partial charge in [0.25, 0.3) is 0 Å². The molecule has 1 fully saturated rings. The number of nitrogens with zero attached hydrogens (tertiary/aromatic N) is 3. The minimum Gasteiger partial charge on any atom is -0.274 e. The number of hydrogen-bond acceptors (Lipinski definition) is 6. The number of thiophene rings is 1. The van der Waals surface area contributed by atoms with E-state index in [1.807, 2.05) is 0 Å². The summed E-state index contributed by atoms with van der Waals surface area (Å²) >= 11 is 1.92. The first-order valence-electron chi connectivity index (χ1n) is 8.94. The summed E-state index contributed by atoms with van der Waals surface area (Å²) < 4.78 is 41.0. The number of carbonyl (C=O) groups is 2. The molecule has 0 unspecified atom stereocenters. The normalized spacial score (nSPS) is 16.6. The third-order valence-electron chi connectivity index (χ3n) is 4.55. The number of aromatic nitrogens is 1. The Morgan fingerprint density at radius 1 is 1.16 bits per heavy atom. The minimum atomic E-state index is -4.78. The number of pyridine rings is 1. The number of halogens is 3. The van der Waals surface area contributed by atoms with E-state index in [1.54, 1.807) is 53.9 Å². The van der Waals surface area contributed by atoms with Gasteiger partial charge in [0.05, 0.1) is 32.6 Å². The smallest absolute Gasteiger partial charge is 0.274 e. The fourth-order valence-corrected chi connectivity index (χ4v) is 4.98. The Morgan fingerprint density at radius 3 is 2.52 bits per heavy atom. The highest BCUT2D eigenvalue weighted by Crippen LogP contribution is 2.41. The van der Waals surface area contributed by atoms with Gasteiger partial charge in [-0.25, -0.2) is 9.88 Å². The van der Waals surface area contributed by atoms with Crippen molar-refractivity contribution in [3.8, 4) is 16.6 Å². The molecule has 2 amide bonds. The molecule has 0 bridgehead atoms. The number of rotatable bonds is 4. The summed E-state index contributed by atoms with van der Waals surface area (Å²) in [6.07, 6.45) is -4.98. The highest BCUT2D eigenvalue weighted by Gasteiger charge is 2.42. The average molecular weight is 459 g/mol.